The Balaban J connectivity index is 1.58. The lowest BCUT2D eigenvalue weighted by molar-refractivity contribution is -0.143. The molecule has 1 aromatic heterocycles. The van der Waals surface area contributed by atoms with Crippen molar-refractivity contribution in [2.75, 3.05) is 24.6 Å². The van der Waals surface area contributed by atoms with Crippen molar-refractivity contribution in [2.24, 2.45) is 0 Å². The second-order valence-electron chi connectivity index (χ2n) is 7.37. The summed E-state index contributed by atoms with van der Waals surface area (Å²) in [6.07, 6.45) is 5.51. The number of anilines is 1. The van der Waals surface area contributed by atoms with Crippen molar-refractivity contribution >= 4 is 17.8 Å². The molecule has 2 heterocycles. The molecular weight excluding hydrogens is 380 g/mol. The average molecular weight is 411 g/mol. The Kier molecular flexibility index (Phi) is 8.06. The van der Waals surface area contributed by atoms with Crippen molar-refractivity contribution < 1.29 is 14.3 Å². The highest BCUT2D eigenvalue weighted by atomic mass is 16.5. The van der Waals surface area contributed by atoms with Gasteiger partial charge in [-0.05, 0) is 49.4 Å². The van der Waals surface area contributed by atoms with Crippen LogP contribution >= 0.6 is 0 Å². The van der Waals surface area contributed by atoms with Gasteiger partial charge in [-0.15, -0.1) is 0 Å². The van der Waals surface area contributed by atoms with E-state index in [2.05, 4.69) is 20.5 Å². The Bertz CT molecular complexity index is 822. The van der Waals surface area contributed by atoms with E-state index in [1.54, 1.807) is 13.1 Å². The summed E-state index contributed by atoms with van der Waals surface area (Å²) in [6.45, 7) is 4.51. The van der Waals surface area contributed by atoms with Crippen LogP contribution in [-0.4, -0.2) is 36.7 Å². The normalized spacial score (nSPS) is 14.6. The van der Waals surface area contributed by atoms with Crippen LogP contribution in [0, 0.1) is 0 Å². The third-order valence-corrected chi connectivity index (χ3v) is 5.13. The van der Waals surface area contributed by atoms with E-state index in [9.17, 15) is 9.59 Å². The van der Waals surface area contributed by atoms with Crippen LogP contribution in [-0.2, 0) is 16.1 Å². The summed E-state index contributed by atoms with van der Waals surface area (Å²) in [7, 11) is 0. The molecule has 1 atom stereocenters. The number of ether oxygens (including phenoxy) is 1. The van der Waals surface area contributed by atoms with Gasteiger partial charge in [-0.2, -0.15) is 0 Å². The minimum absolute atomic E-state index is 0.0830. The third-order valence-electron chi connectivity index (χ3n) is 5.13. The minimum Gasteiger partial charge on any atom is -0.466 e. The molecule has 1 aliphatic heterocycles. The number of rotatable bonds is 8. The summed E-state index contributed by atoms with van der Waals surface area (Å²) < 4.78 is 5.05. The smallest absolute Gasteiger partial charge is 0.315 e. The predicted octanol–water partition coefficient (Wildman–Crippen LogP) is 3.57. The maximum Gasteiger partial charge on any atom is 0.315 e. The van der Waals surface area contributed by atoms with E-state index in [4.69, 9.17) is 4.74 Å². The number of hydrogen-bond acceptors (Lipinski definition) is 5. The second kappa shape index (κ2) is 11.2. The van der Waals surface area contributed by atoms with E-state index < -0.39 is 6.04 Å². The molecule has 160 valence electrons. The van der Waals surface area contributed by atoms with Gasteiger partial charge in [0.15, 0.2) is 0 Å². The first-order chi connectivity index (χ1) is 14.7. The van der Waals surface area contributed by atoms with Crippen LogP contribution in [0.15, 0.2) is 48.7 Å². The van der Waals surface area contributed by atoms with E-state index >= 15 is 0 Å². The minimum atomic E-state index is -0.452. The Hall–Kier alpha value is -3.09. The number of aromatic nitrogens is 1. The van der Waals surface area contributed by atoms with E-state index in [1.807, 2.05) is 42.5 Å². The third kappa shape index (κ3) is 6.47. The van der Waals surface area contributed by atoms with Crippen molar-refractivity contribution in [1.29, 1.82) is 0 Å². The number of esters is 1. The Morgan fingerprint density at radius 1 is 1.13 bits per heavy atom. The standard InChI is InChI=1S/C23H30N4O3/c1-2-30-22(28)16-20(19-9-5-3-6-10-19)26-23(29)25-17-18-11-12-24-21(15-18)27-13-7-4-8-14-27/h3,5-6,9-12,15,20H,2,4,7-8,13-14,16-17H2,1H3,(H2,25,26,29)/t20-/m1/s1. The van der Waals surface area contributed by atoms with Gasteiger partial charge in [0, 0.05) is 25.8 Å². The summed E-state index contributed by atoms with van der Waals surface area (Å²) in [5, 5.41) is 5.78. The number of carbonyl (C=O) groups is 2. The zero-order chi connectivity index (χ0) is 21.2. The van der Waals surface area contributed by atoms with Crippen LogP contribution in [0.5, 0.6) is 0 Å². The van der Waals surface area contributed by atoms with Crippen molar-refractivity contribution in [3.63, 3.8) is 0 Å². The molecule has 0 bridgehead atoms. The van der Waals surface area contributed by atoms with E-state index in [0.29, 0.717) is 13.2 Å². The predicted molar refractivity (Wildman–Crippen MR) is 116 cm³/mol. The van der Waals surface area contributed by atoms with Gasteiger partial charge in [-0.1, -0.05) is 30.3 Å². The van der Waals surface area contributed by atoms with Crippen molar-refractivity contribution in [3.8, 4) is 0 Å². The second-order valence-corrected chi connectivity index (χ2v) is 7.37. The largest absolute Gasteiger partial charge is 0.466 e. The van der Waals surface area contributed by atoms with Crippen molar-refractivity contribution in [3.05, 3.63) is 59.8 Å². The molecule has 1 aliphatic rings. The fourth-order valence-corrected chi connectivity index (χ4v) is 3.58. The fourth-order valence-electron chi connectivity index (χ4n) is 3.58. The topological polar surface area (TPSA) is 83.6 Å². The molecule has 0 saturated carbocycles. The zero-order valence-corrected chi connectivity index (χ0v) is 17.5. The van der Waals surface area contributed by atoms with Gasteiger partial charge in [-0.25, -0.2) is 9.78 Å². The van der Waals surface area contributed by atoms with E-state index in [1.165, 1.54) is 19.3 Å². The molecular formula is C23H30N4O3. The lowest BCUT2D eigenvalue weighted by Gasteiger charge is -2.28. The Labute approximate surface area is 177 Å². The molecule has 1 aromatic carbocycles. The van der Waals surface area contributed by atoms with Crippen molar-refractivity contribution in [2.45, 2.75) is 45.2 Å². The van der Waals surface area contributed by atoms with Crippen LogP contribution in [0.4, 0.5) is 10.6 Å². The molecule has 2 N–H and O–H groups in total. The quantitative estimate of drug-likeness (QED) is 0.650. The maximum absolute atomic E-state index is 12.5. The molecule has 0 radical (unpaired) electrons. The first-order valence-electron chi connectivity index (χ1n) is 10.6. The summed E-state index contributed by atoms with van der Waals surface area (Å²) in [5.74, 6) is 0.617. The van der Waals surface area contributed by atoms with Gasteiger partial charge in [0.05, 0.1) is 19.1 Å². The summed E-state index contributed by atoms with van der Waals surface area (Å²) >= 11 is 0. The van der Waals surface area contributed by atoms with Gasteiger partial charge in [0.1, 0.15) is 5.82 Å². The van der Waals surface area contributed by atoms with Gasteiger partial charge in [0.25, 0.3) is 0 Å². The Morgan fingerprint density at radius 2 is 1.90 bits per heavy atom. The van der Waals surface area contributed by atoms with Gasteiger partial charge < -0.3 is 20.3 Å². The molecule has 3 rings (SSSR count). The van der Waals surface area contributed by atoms with Crippen LogP contribution in [0.3, 0.4) is 0 Å². The van der Waals surface area contributed by atoms with Crippen LogP contribution in [0.1, 0.15) is 49.8 Å². The molecule has 30 heavy (non-hydrogen) atoms. The van der Waals surface area contributed by atoms with Crippen LogP contribution in [0.2, 0.25) is 0 Å². The fraction of sp³-hybridized carbons (Fsp3) is 0.435. The number of piperidine rings is 1. The highest BCUT2D eigenvalue weighted by molar-refractivity contribution is 5.76. The van der Waals surface area contributed by atoms with Crippen LogP contribution in [0.25, 0.3) is 0 Å². The van der Waals surface area contributed by atoms with Gasteiger partial charge in [0.2, 0.25) is 0 Å². The highest BCUT2D eigenvalue weighted by Gasteiger charge is 2.19. The number of carbonyl (C=O) groups excluding carboxylic acids is 2. The molecule has 1 saturated heterocycles. The SMILES string of the molecule is CCOC(=O)C[C@@H](NC(=O)NCc1ccnc(N2CCCCC2)c1)c1ccccc1. The number of nitrogens with zero attached hydrogens (tertiary/aromatic N) is 2. The number of amides is 2. The monoisotopic (exact) mass is 410 g/mol. The number of hydrogen-bond donors (Lipinski definition) is 2. The average Bonchev–Trinajstić information content (AvgIpc) is 2.79. The zero-order valence-electron chi connectivity index (χ0n) is 17.5. The van der Waals surface area contributed by atoms with Crippen molar-refractivity contribution in [1.82, 2.24) is 15.6 Å². The van der Waals surface area contributed by atoms with Crippen LogP contribution < -0.4 is 15.5 Å². The van der Waals surface area contributed by atoms with E-state index in [0.717, 1.165) is 30.0 Å². The lowest BCUT2D eigenvalue weighted by Crippen LogP contribution is -2.38. The molecule has 0 spiro atoms. The molecule has 0 unspecified atom stereocenters. The van der Waals surface area contributed by atoms with E-state index in [-0.39, 0.29) is 18.4 Å². The number of benzene rings is 1. The molecule has 7 nitrogen and oxygen atoms in total. The first kappa shape index (κ1) is 21.6. The Morgan fingerprint density at radius 3 is 2.63 bits per heavy atom. The number of pyridine rings is 1. The summed E-state index contributed by atoms with van der Waals surface area (Å²) in [4.78, 5) is 31.3. The molecule has 7 heteroatoms. The number of urea groups is 1. The number of nitrogens with one attached hydrogen (secondary N) is 2. The molecule has 2 aromatic rings. The lowest BCUT2D eigenvalue weighted by atomic mass is 10.0. The molecule has 1 fully saturated rings. The van der Waals surface area contributed by atoms with Gasteiger partial charge >= 0.3 is 12.0 Å². The first-order valence-corrected chi connectivity index (χ1v) is 10.6. The highest BCUT2D eigenvalue weighted by Crippen LogP contribution is 2.19. The molecule has 0 aliphatic carbocycles. The molecule has 2 amide bonds. The maximum atomic E-state index is 12.5. The van der Waals surface area contributed by atoms with Gasteiger partial charge in [-0.3, -0.25) is 4.79 Å². The summed E-state index contributed by atoms with van der Waals surface area (Å²) in [6, 6.07) is 12.6. The summed E-state index contributed by atoms with van der Waals surface area (Å²) in [5.41, 5.74) is 1.85.